The standard InChI is InChI=1S/C16H19N5O2/c1-2-7-17-8-9-18-15(22)12-10-19-21-13-6-4-3-5-11(13)16(23)20-14(12)21/h3-6,10,17H,2,7-9H2,1H3,(H,18,22)(H,20,23). The van der Waals surface area contributed by atoms with E-state index >= 15 is 0 Å². The summed E-state index contributed by atoms with van der Waals surface area (Å²) < 4.78 is 1.58. The number of benzene rings is 1. The van der Waals surface area contributed by atoms with Gasteiger partial charge < -0.3 is 15.6 Å². The number of hydrogen-bond donors (Lipinski definition) is 3. The van der Waals surface area contributed by atoms with Crippen LogP contribution in [0.4, 0.5) is 0 Å². The number of fused-ring (bicyclic) bond motifs is 3. The molecular weight excluding hydrogens is 294 g/mol. The second-order valence-electron chi connectivity index (χ2n) is 5.30. The monoisotopic (exact) mass is 313 g/mol. The number of nitrogens with zero attached hydrogens (tertiary/aromatic N) is 2. The van der Waals surface area contributed by atoms with Crippen molar-refractivity contribution < 1.29 is 4.79 Å². The third-order valence-electron chi connectivity index (χ3n) is 3.64. The molecule has 23 heavy (non-hydrogen) atoms. The molecule has 0 saturated carbocycles. The minimum absolute atomic E-state index is 0.229. The summed E-state index contributed by atoms with van der Waals surface area (Å²) in [5, 5.41) is 10.8. The molecule has 0 aliphatic carbocycles. The minimum atomic E-state index is -0.246. The molecule has 0 bridgehead atoms. The predicted molar refractivity (Wildman–Crippen MR) is 88.8 cm³/mol. The average molecular weight is 313 g/mol. The van der Waals surface area contributed by atoms with Crippen LogP contribution in [-0.4, -0.2) is 40.1 Å². The lowest BCUT2D eigenvalue weighted by atomic mass is 10.2. The van der Waals surface area contributed by atoms with E-state index < -0.39 is 0 Å². The van der Waals surface area contributed by atoms with Crippen LogP contribution >= 0.6 is 0 Å². The van der Waals surface area contributed by atoms with Crippen molar-refractivity contribution in [2.45, 2.75) is 13.3 Å². The summed E-state index contributed by atoms with van der Waals surface area (Å²) in [7, 11) is 0. The van der Waals surface area contributed by atoms with E-state index in [2.05, 4.69) is 27.6 Å². The number of amides is 1. The number of para-hydroxylation sites is 1. The van der Waals surface area contributed by atoms with E-state index in [0.29, 0.717) is 35.2 Å². The fourth-order valence-electron chi connectivity index (χ4n) is 2.50. The van der Waals surface area contributed by atoms with Crippen LogP contribution in [0.25, 0.3) is 16.6 Å². The van der Waals surface area contributed by atoms with Crippen LogP contribution in [0.15, 0.2) is 35.3 Å². The Morgan fingerprint density at radius 3 is 2.91 bits per heavy atom. The number of hydrogen-bond acceptors (Lipinski definition) is 4. The Hall–Kier alpha value is -2.67. The van der Waals surface area contributed by atoms with Crippen molar-refractivity contribution in [3.63, 3.8) is 0 Å². The Morgan fingerprint density at radius 1 is 1.26 bits per heavy atom. The quantitative estimate of drug-likeness (QED) is 0.590. The van der Waals surface area contributed by atoms with Gasteiger partial charge >= 0.3 is 0 Å². The first kappa shape index (κ1) is 15.2. The highest BCUT2D eigenvalue weighted by molar-refractivity contribution is 6.00. The van der Waals surface area contributed by atoms with Gasteiger partial charge in [0.05, 0.1) is 17.1 Å². The maximum absolute atomic E-state index is 12.3. The molecule has 0 spiro atoms. The Kier molecular flexibility index (Phi) is 4.38. The number of nitrogens with one attached hydrogen (secondary N) is 3. The highest BCUT2D eigenvalue weighted by Gasteiger charge is 2.15. The summed E-state index contributed by atoms with van der Waals surface area (Å²) in [6, 6.07) is 7.17. The Balaban J connectivity index is 1.88. The average Bonchev–Trinajstić information content (AvgIpc) is 2.99. The van der Waals surface area contributed by atoms with E-state index in [1.165, 1.54) is 6.20 Å². The number of aromatic amines is 1. The van der Waals surface area contributed by atoms with Crippen LogP contribution in [0, 0.1) is 0 Å². The topological polar surface area (TPSA) is 91.3 Å². The van der Waals surface area contributed by atoms with Crippen molar-refractivity contribution in [3.8, 4) is 0 Å². The fourth-order valence-corrected chi connectivity index (χ4v) is 2.50. The third kappa shape index (κ3) is 2.95. The smallest absolute Gasteiger partial charge is 0.259 e. The highest BCUT2D eigenvalue weighted by Crippen LogP contribution is 2.13. The summed E-state index contributed by atoms with van der Waals surface area (Å²) in [5.41, 5.74) is 1.22. The van der Waals surface area contributed by atoms with Gasteiger partial charge in [-0.1, -0.05) is 19.1 Å². The van der Waals surface area contributed by atoms with Crippen molar-refractivity contribution in [1.29, 1.82) is 0 Å². The predicted octanol–water partition coefficient (Wildman–Crippen LogP) is 0.905. The molecular formula is C16H19N5O2. The molecule has 3 rings (SSSR count). The lowest BCUT2D eigenvalue weighted by molar-refractivity contribution is 0.0955. The first-order valence-corrected chi connectivity index (χ1v) is 7.70. The largest absolute Gasteiger partial charge is 0.351 e. The molecule has 0 aliphatic heterocycles. The van der Waals surface area contributed by atoms with Crippen LogP contribution in [0.1, 0.15) is 23.7 Å². The van der Waals surface area contributed by atoms with E-state index in [-0.39, 0.29) is 11.5 Å². The normalized spacial score (nSPS) is 11.2. The van der Waals surface area contributed by atoms with Crippen molar-refractivity contribution >= 4 is 22.5 Å². The first-order chi connectivity index (χ1) is 11.2. The summed E-state index contributed by atoms with van der Waals surface area (Å²) in [6.07, 6.45) is 2.53. The molecule has 0 unspecified atom stereocenters. The van der Waals surface area contributed by atoms with Gasteiger partial charge in [0.1, 0.15) is 11.2 Å². The lowest BCUT2D eigenvalue weighted by Crippen LogP contribution is -2.32. The molecule has 2 heterocycles. The zero-order valence-corrected chi connectivity index (χ0v) is 12.9. The first-order valence-electron chi connectivity index (χ1n) is 7.70. The lowest BCUT2D eigenvalue weighted by Gasteiger charge is -2.05. The van der Waals surface area contributed by atoms with Gasteiger partial charge in [0.15, 0.2) is 0 Å². The van der Waals surface area contributed by atoms with Crippen LogP contribution in [0.5, 0.6) is 0 Å². The van der Waals surface area contributed by atoms with Crippen molar-refractivity contribution in [1.82, 2.24) is 25.2 Å². The number of aromatic nitrogens is 3. The third-order valence-corrected chi connectivity index (χ3v) is 3.64. The van der Waals surface area contributed by atoms with Crippen molar-refractivity contribution in [2.24, 2.45) is 0 Å². The summed E-state index contributed by atoms with van der Waals surface area (Å²) in [6.45, 7) is 4.24. The number of rotatable bonds is 6. The van der Waals surface area contributed by atoms with Crippen LogP contribution < -0.4 is 16.2 Å². The van der Waals surface area contributed by atoms with Gasteiger partial charge in [0, 0.05) is 13.1 Å². The van der Waals surface area contributed by atoms with Crippen LogP contribution in [0.2, 0.25) is 0 Å². The zero-order valence-electron chi connectivity index (χ0n) is 12.9. The SMILES string of the molecule is CCCNCCNC(=O)c1cnn2c1[nH]c(=O)c1ccccc12. The van der Waals surface area contributed by atoms with Gasteiger partial charge in [-0.15, -0.1) is 0 Å². The van der Waals surface area contributed by atoms with Crippen molar-refractivity contribution in [3.05, 3.63) is 46.4 Å². The van der Waals surface area contributed by atoms with E-state index in [1.54, 1.807) is 22.7 Å². The molecule has 7 nitrogen and oxygen atoms in total. The van der Waals surface area contributed by atoms with Gasteiger partial charge in [0.25, 0.3) is 11.5 Å². The Bertz CT molecular complexity index is 896. The molecule has 0 saturated heterocycles. The van der Waals surface area contributed by atoms with Gasteiger partial charge in [-0.25, -0.2) is 4.52 Å². The fraction of sp³-hybridized carbons (Fsp3) is 0.312. The van der Waals surface area contributed by atoms with E-state index in [0.717, 1.165) is 13.0 Å². The van der Waals surface area contributed by atoms with E-state index in [9.17, 15) is 9.59 Å². The minimum Gasteiger partial charge on any atom is -0.351 e. The van der Waals surface area contributed by atoms with E-state index in [4.69, 9.17) is 0 Å². The maximum Gasteiger partial charge on any atom is 0.259 e. The van der Waals surface area contributed by atoms with Crippen LogP contribution in [-0.2, 0) is 0 Å². The summed E-state index contributed by atoms with van der Waals surface area (Å²) in [5.74, 6) is -0.246. The van der Waals surface area contributed by atoms with Gasteiger partial charge in [-0.2, -0.15) is 5.10 Å². The highest BCUT2D eigenvalue weighted by atomic mass is 16.2. The number of H-pyrrole nitrogens is 1. The Morgan fingerprint density at radius 2 is 2.09 bits per heavy atom. The molecule has 1 amide bonds. The zero-order chi connectivity index (χ0) is 16.2. The van der Waals surface area contributed by atoms with Gasteiger partial charge in [-0.3, -0.25) is 9.59 Å². The summed E-state index contributed by atoms with van der Waals surface area (Å²) in [4.78, 5) is 27.2. The molecule has 0 aliphatic rings. The number of carbonyl (C=O) groups excluding carboxylic acids is 1. The van der Waals surface area contributed by atoms with Crippen LogP contribution in [0.3, 0.4) is 0 Å². The Labute approximate surface area is 132 Å². The maximum atomic E-state index is 12.3. The van der Waals surface area contributed by atoms with Gasteiger partial charge in [-0.05, 0) is 25.1 Å². The molecule has 2 aromatic heterocycles. The molecule has 3 N–H and O–H groups in total. The molecule has 0 fully saturated rings. The van der Waals surface area contributed by atoms with Crippen molar-refractivity contribution in [2.75, 3.05) is 19.6 Å². The molecule has 7 heteroatoms. The molecule has 120 valence electrons. The van der Waals surface area contributed by atoms with E-state index in [1.807, 2.05) is 6.07 Å². The number of carbonyl (C=O) groups is 1. The second kappa shape index (κ2) is 6.62. The second-order valence-corrected chi connectivity index (χ2v) is 5.30. The molecule has 0 radical (unpaired) electrons. The molecule has 1 aromatic carbocycles. The van der Waals surface area contributed by atoms with Gasteiger partial charge in [0.2, 0.25) is 0 Å². The molecule has 0 atom stereocenters. The molecule has 3 aromatic rings. The summed E-state index contributed by atoms with van der Waals surface area (Å²) >= 11 is 0.